The molecule has 0 radical (unpaired) electrons. The van der Waals surface area contributed by atoms with Crippen LogP contribution in [0.1, 0.15) is 50.6 Å². The Balaban J connectivity index is 2.91. The molecule has 0 saturated heterocycles. The highest BCUT2D eigenvalue weighted by molar-refractivity contribution is 5.91. The molecule has 1 amide bonds. The summed E-state index contributed by atoms with van der Waals surface area (Å²) in [6.45, 7) is 12.2. The summed E-state index contributed by atoms with van der Waals surface area (Å²) < 4.78 is 0. The zero-order valence-corrected chi connectivity index (χ0v) is 11.7. The third-order valence-corrected chi connectivity index (χ3v) is 2.58. The van der Waals surface area contributed by atoms with Crippen LogP contribution in [0.4, 0.5) is 0 Å². The minimum Gasteiger partial charge on any atom is -0.327 e. The Labute approximate surface area is 108 Å². The minimum absolute atomic E-state index is 0.166. The molecule has 0 atom stereocenters. The summed E-state index contributed by atoms with van der Waals surface area (Å²) in [4.78, 5) is 18.3. The van der Waals surface area contributed by atoms with Crippen LogP contribution in [0.15, 0.2) is 12.7 Å². The molecule has 1 N–H and O–H groups in total. The fourth-order valence-electron chi connectivity index (χ4n) is 1.65. The molecular weight excluding hydrogens is 228 g/mol. The van der Waals surface area contributed by atoms with Crippen molar-refractivity contribution in [1.29, 1.82) is 0 Å². The van der Waals surface area contributed by atoms with E-state index in [2.05, 4.69) is 28.7 Å². The summed E-state index contributed by atoms with van der Waals surface area (Å²) in [5.74, 6) is 0.824. The van der Waals surface area contributed by atoms with E-state index < -0.39 is 0 Å². The van der Waals surface area contributed by atoms with Crippen LogP contribution in [0.25, 0.3) is 0 Å². The first kappa shape index (κ1) is 14.4. The van der Waals surface area contributed by atoms with E-state index >= 15 is 0 Å². The van der Waals surface area contributed by atoms with Gasteiger partial charge in [0.25, 0.3) is 5.91 Å². The number of aromatic amines is 1. The first-order chi connectivity index (χ1) is 8.40. The molecule has 0 aromatic carbocycles. The maximum Gasteiger partial charge on any atom is 0.294 e. The zero-order valence-electron chi connectivity index (χ0n) is 11.7. The SMILES string of the molecule is C=CCN(C(=O)c1n[nH]c(CCC)n1)C(C)(C)C. The van der Waals surface area contributed by atoms with Gasteiger partial charge >= 0.3 is 0 Å². The van der Waals surface area contributed by atoms with Crippen molar-refractivity contribution >= 4 is 5.91 Å². The Morgan fingerprint density at radius 3 is 2.67 bits per heavy atom. The molecule has 0 aliphatic heterocycles. The average Bonchev–Trinajstić information content (AvgIpc) is 2.72. The maximum atomic E-state index is 12.3. The molecule has 1 rings (SSSR count). The van der Waals surface area contributed by atoms with Crippen molar-refractivity contribution in [3.05, 3.63) is 24.3 Å². The molecule has 0 fully saturated rings. The van der Waals surface area contributed by atoms with Crippen molar-refractivity contribution in [1.82, 2.24) is 20.1 Å². The van der Waals surface area contributed by atoms with Gasteiger partial charge in [-0.3, -0.25) is 9.89 Å². The number of amides is 1. The minimum atomic E-state index is -0.281. The number of hydrogen-bond acceptors (Lipinski definition) is 3. The molecule has 1 aromatic heterocycles. The standard InChI is InChI=1S/C13H22N4O/c1-6-8-10-14-11(16-15-10)12(18)17(9-7-2)13(3,4)5/h7H,2,6,8-9H2,1,3-5H3,(H,14,15,16). The Bertz CT molecular complexity index is 417. The average molecular weight is 250 g/mol. The molecule has 0 spiro atoms. The third kappa shape index (κ3) is 3.42. The van der Waals surface area contributed by atoms with Gasteiger partial charge in [0.2, 0.25) is 5.82 Å². The molecule has 0 unspecified atom stereocenters. The quantitative estimate of drug-likeness (QED) is 0.815. The lowest BCUT2D eigenvalue weighted by Crippen LogP contribution is -2.46. The van der Waals surface area contributed by atoms with Crippen molar-refractivity contribution in [3.8, 4) is 0 Å². The first-order valence-corrected chi connectivity index (χ1v) is 6.24. The Morgan fingerprint density at radius 2 is 2.17 bits per heavy atom. The highest BCUT2D eigenvalue weighted by Crippen LogP contribution is 2.15. The second kappa shape index (κ2) is 5.80. The smallest absolute Gasteiger partial charge is 0.294 e. The number of rotatable bonds is 5. The number of nitrogens with zero attached hydrogens (tertiary/aromatic N) is 3. The summed E-state index contributed by atoms with van der Waals surface area (Å²) >= 11 is 0. The normalized spacial score (nSPS) is 11.3. The predicted molar refractivity (Wildman–Crippen MR) is 71.4 cm³/mol. The van der Waals surface area contributed by atoms with Gasteiger partial charge < -0.3 is 4.90 Å². The number of aromatic nitrogens is 3. The largest absolute Gasteiger partial charge is 0.327 e. The summed E-state index contributed by atoms with van der Waals surface area (Å²) in [6.07, 6.45) is 3.48. The number of hydrogen-bond donors (Lipinski definition) is 1. The Kier molecular flexibility index (Phi) is 4.64. The van der Waals surface area contributed by atoms with Crippen molar-refractivity contribution in [2.75, 3.05) is 6.54 Å². The van der Waals surface area contributed by atoms with E-state index in [-0.39, 0.29) is 17.3 Å². The van der Waals surface area contributed by atoms with Gasteiger partial charge in [-0.2, -0.15) is 0 Å². The van der Waals surface area contributed by atoms with Gasteiger partial charge in [0, 0.05) is 18.5 Å². The summed E-state index contributed by atoms with van der Waals surface area (Å²) in [6, 6.07) is 0. The lowest BCUT2D eigenvalue weighted by atomic mass is 10.1. The van der Waals surface area contributed by atoms with Gasteiger partial charge in [-0.05, 0) is 27.2 Å². The van der Waals surface area contributed by atoms with Crippen molar-refractivity contribution < 1.29 is 4.79 Å². The topological polar surface area (TPSA) is 61.9 Å². The van der Waals surface area contributed by atoms with Gasteiger partial charge in [-0.15, -0.1) is 11.7 Å². The number of aryl methyl sites for hydroxylation is 1. The predicted octanol–water partition coefficient (Wildman–Crippen LogP) is 2.18. The van der Waals surface area contributed by atoms with E-state index in [1.807, 2.05) is 20.8 Å². The van der Waals surface area contributed by atoms with Crippen LogP contribution in [0.2, 0.25) is 0 Å². The molecule has 0 saturated carbocycles. The number of nitrogens with one attached hydrogen (secondary N) is 1. The summed E-state index contributed by atoms with van der Waals surface area (Å²) in [7, 11) is 0. The lowest BCUT2D eigenvalue weighted by Gasteiger charge is -2.33. The van der Waals surface area contributed by atoms with Crippen LogP contribution in [0, 0.1) is 0 Å². The highest BCUT2D eigenvalue weighted by Gasteiger charge is 2.28. The lowest BCUT2D eigenvalue weighted by molar-refractivity contribution is 0.0604. The summed E-state index contributed by atoms with van der Waals surface area (Å²) in [5.41, 5.74) is -0.281. The van der Waals surface area contributed by atoms with E-state index in [0.717, 1.165) is 18.7 Å². The van der Waals surface area contributed by atoms with Crippen LogP contribution in [0.3, 0.4) is 0 Å². The second-order valence-corrected chi connectivity index (χ2v) is 5.23. The highest BCUT2D eigenvalue weighted by atomic mass is 16.2. The Morgan fingerprint density at radius 1 is 1.50 bits per heavy atom. The number of carbonyl (C=O) groups excluding carboxylic acids is 1. The van der Waals surface area contributed by atoms with Gasteiger partial charge in [-0.25, -0.2) is 4.98 Å². The zero-order chi connectivity index (χ0) is 13.8. The van der Waals surface area contributed by atoms with Crippen LogP contribution < -0.4 is 0 Å². The molecule has 100 valence electrons. The molecule has 18 heavy (non-hydrogen) atoms. The summed E-state index contributed by atoms with van der Waals surface area (Å²) in [5, 5.41) is 6.79. The molecule has 0 aliphatic rings. The molecule has 0 bridgehead atoms. The second-order valence-electron chi connectivity index (χ2n) is 5.23. The number of H-pyrrole nitrogens is 1. The van der Waals surface area contributed by atoms with E-state index in [0.29, 0.717) is 6.54 Å². The van der Waals surface area contributed by atoms with Crippen LogP contribution in [0.5, 0.6) is 0 Å². The van der Waals surface area contributed by atoms with Gasteiger partial charge in [0.1, 0.15) is 5.82 Å². The monoisotopic (exact) mass is 250 g/mol. The molecule has 1 heterocycles. The molecule has 5 heteroatoms. The van der Waals surface area contributed by atoms with Crippen molar-refractivity contribution in [2.24, 2.45) is 0 Å². The van der Waals surface area contributed by atoms with Crippen LogP contribution >= 0.6 is 0 Å². The third-order valence-electron chi connectivity index (χ3n) is 2.58. The number of carbonyl (C=O) groups is 1. The van der Waals surface area contributed by atoms with Crippen molar-refractivity contribution in [3.63, 3.8) is 0 Å². The maximum absolute atomic E-state index is 12.3. The first-order valence-electron chi connectivity index (χ1n) is 6.24. The Hall–Kier alpha value is -1.65. The van der Waals surface area contributed by atoms with Crippen LogP contribution in [-0.2, 0) is 6.42 Å². The van der Waals surface area contributed by atoms with Crippen LogP contribution in [-0.4, -0.2) is 38.1 Å². The van der Waals surface area contributed by atoms with Gasteiger partial charge in [-0.1, -0.05) is 13.0 Å². The molecule has 1 aromatic rings. The van der Waals surface area contributed by atoms with Crippen molar-refractivity contribution in [2.45, 2.75) is 46.1 Å². The van der Waals surface area contributed by atoms with E-state index in [1.165, 1.54) is 0 Å². The fraction of sp³-hybridized carbons (Fsp3) is 0.615. The molecular formula is C13H22N4O. The molecule has 0 aliphatic carbocycles. The molecule has 5 nitrogen and oxygen atoms in total. The van der Waals surface area contributed by atoms with Gasteiger partial charge in [0.05, 0.1) is 0 Å². The van der Waals surface area contributed by atoms with Gasteiger partial charge in [0.15, 0.2) is 0 Å². The van der Waals surface area contributed by atoms with E-state index in [4.69, 9.17) is 0 Å². The van der Waals surface area contributed by atoms with E-state index in [9.17, 15) is 4.79 Å². The fourth-order valence-corrected chi connectivity index (χ4v) is 1.65. The van der Waals surface area contributed by atoms with E-state index in [1.54, 1.807) is 11.0 Å².